The number of ether oxygens (including phenoxy) is 1. The van der Waals surface area contributed by atoms with Gasteiger partial charge in [0.05, 0.1) is 23.4 Å². The number of carbonyl (C=O) groups is 1. The highest BCUT2D eigenvalue weighted by Gasteiger charge is 2.28. The summed E-state index contributed by atoms with van der Waals surface area (Å²) in [4.78, 5) is 12.7. The lowest BCUT2D eigenvalue weighted by Gasteiger charge is -2.28. The van der Waals surface area contributed by atoms with Crippen molar-refractivity contribution in [2.24, 2.45) is 0 Å². The van der Waals surface area contributed by atoms with Crippen molar-refractivity contribution >= 4 is 31.6 Å². The van der Waals surface area contributed by atoms with E-state index in [1.54, 1.807) is 24.3 Å². The van der Waals surface area contributed by atoms with Crippen molar-refractivity contribution in [3.05, 3.63) is 54.1 Å². The lowest BCUT2D eigenvalue weighted by molar-refractivity contribution is -0.121. The molecule has 9 nitrogen and oxygen atoms in total. The van der Waals surface area contributed by atoms with Crippen LogP contribution in [0.3, 0.4) is 0 Å². The van der Waals surface area contributed by atoms with Gasteiger partial charge in [-0.3, -0.25) is 9.10 Å². The molecule has 32 heavy (non-hydrogen) atoms. The summed E-state index contributed by atoms with van der Waals surface area (Å²) in [5.41, 5.74) is 1.38. The van der Waals surface area contributed by atoms with Crippen LogP contribution in [0.2, 0.25) is 0 Å². The van der Waals surface area contributed by atoms with Crippen LogP contribution in [-0.2, 0) is 24.8 Å². The van der Waals surface area contributed by atoms with Crippen LogP contribution in [0.5, 0.6) is 5.75 Å². The molecule has 1 atom stereocenters. The van der Waals surface area contributed by atoms with Crippen LogP contribution in [0.15, 0.2) is 53.4 Å². The number of sulfonamides is 2. The highest BCUT2D eigenvalue weighted by molar-refractivity contribution is 7.92. The molecular formula is C21H29N3O6S2. The van der Waals surface area contributed by atoms with Gasteiger partial charge in [0.15, 0.2) is 0 Å². The van der Waals surface area contributed by atoms with Crippen LogP contribution in [-0.4, -0.2) is 66.6 Å². The molecule has 0 heterocycles. The zero-order valence-corrected chi connectivity index (χ0v) is 20.4. The predicted molar refractivity (Wildman–Crippen MR) is 124 cm³/mol. The zero-order chi connectivity index (χ0) is 24.1. The molecule has 0 aromatic heterocycles. The molecule has 0 fully saturated rings. The van der Waals surface area contributed by atoms with Gasteiger partial charge < -0.3 is 10.1 Å². The number of benzene rings is 2. The summed E-state index contributed by atoms with van der Waals surface area (Å²) in [6.07, 6.45) is 1.06. The number of hydrogen-bond donors (Lipinski definition) is 1. The largest absolute Gasteiger partial charge is 0.492 e. The zero-order valence-electron chi connectivity index (χ0n) is 18.8. The second-order valence-corrected chi connectivity index (χ2v) is 11.5. The molecule has 0 aliphatic carbocycles. The summed E-state index contributed by atoms with van der Waals surface area (Å²) >= 11 is 0. The molecule has 0 aliphatic heterocycles. The third-order valence-electron chi connectivity index (χ3n) is 4.65. The summed E-state index contributed by atoms with van der Waals surface area (Å²) in [6.45, 7) is 3.68. The van der Waals surface area contributed by atoms with E-state index in [1.165, 1.54) is 45.3 Å². The van der Waals surface area contributed by atoms with E-state index in [0.29, 0.717) is 11.4 Å². The Labute approximate surface area is 190 Å². The summed E-state index contributed by atoms with van der Waals surface area (Å²) in [5, 5.41) is 2.66. The van der Waals surface area contributed by atoms with Crippen LogP contribution < -0.4 is 14.4 Å². The summed E-state index contributed by atoms with van der Waals surface area (Å²) in [6, 6.07) is 11.9. The SMILES string of the molecule is Cc1ccc(N([C@@H](C)C(=O)NCCOc2ccc(S(=O)(=O)N(C)C)cc2)S(C)(=O)=O)cc1. The van der Waals surface area contributed by atoms with E-state index in [4.69, 9.17) is 4.74 Å². The van der Waals surface area contributed by atoms with Crippen molar-refractivity contribution < 1.29 is 26.4 Å². The molecule has 11 heteroatoms. The summed E-state index contributed by atoms with van der Waals surface area (Å²) in [7, 11) is -4.30. The van der Waals surface area contributed by atoms with Crippen LogP contribution >= 0.6 is 0 Å². The van der Waals surface area contributed by atoms with Crippen molar-refractivity contribution in [1.82, 2.24) is 9.62 Å². The number of anilines is 1. The molecule has 0 saturated carbocycles. The Morgan fingerprint density at radius 1 is 1.00 bits per heavy atom. The predicted octanol–water partition coefficient (Wildman–Crippen LogP) is 1.60. The molecule has 0 unspecified atom stereocenters. The standard InChI is InChI=1S/C21H29N3O6S2/c1-16-6-8-18(9-7-16)24(31(5,26)27)17(2)21(25)22-14-15-30-19-10-12-20(13-11-19)32(28,29)23(3)4/h6-13,17H,14-15H2,1-5H3,(H,22,25)/t17-/m0/s1. The number of hydrogen-bond acceptors (Lipinski definition) is 6. The van der Waals surface area contributed by atoms with Crippen molar-refractivity contribution in [2.45, 2.75) is 24.8 Å². The maximum atomic E-state index is 12.6. The molecule has 2 aromatic carbocycles. The van der Waals surface area contributed by atoms with Crippen molar-refractivity contribution in [3.8, 4) is 5.75 Å². The van der Waals surface area contributed by atoms with Gasteiger partial charge in [0.2, 0.25) is 26.0 Å². The molecule has 1 N–H and O–H groups in total. The highest BCUT2D eigenvalue weighted by Crippen LogP contribution is 2.21. The van der Waals surface area contributed by atoms with Crippen LogP contribution in [0.4, 0.5) is 5.69 Å². The van der Waals surface area contributed by atoms with Crippen LogP contribution in [0.1, 0.15) is 12.5 Å². The van der Waals surface area contributed by atoms with Gasteiger partial charge in [0, 0.05) is 14.1 Å². The smallest absolute Gasteiger partial charge is 0.243 e. The van der Waals surface area contributed by atoms with Crippen molar-refractivity contribution in [3.63, 3.8) is 0 Å². The molecule has 1 amide bonds. The summed E-state index contributed by atoms with van der Waals surface area (Å²) < 4.78 is 56.5. The molecule has 2 rings (SSSR count). The topological polar surface area (TPSA) is 113 Å². The number of nitrogens with one attached hydrogen (secondary N) is 1. The van der Waals surface area contributed by atoms with E-state index in [9.17, 15) is 21.6 Å². The molecule has 2 aromatic rings. The van der Waals surface area contributed by atoms with Gasteiger partial charge in [-0.1, -0.05) is 17.7 Å². The Balaban J connectivity index is 1.95. The van der Waals surface area contributed by atoms with Gasteiger partial charge in [-0.25, -0.2) is 21.1 Å². The molecule has 176 valence electrons. The van der Waals surface area contributed by atoms with Crippen molar-refractivity contribution in [2.75, 3.05) is 37.8 Å². The Kier molecular flexibility index (Phi) is 8.27. The Morgan fingerprint density at radius 2 is 1.56 bits per heavy atom. The fraction of sp³-hybridized carbons (Fsp3) is 0.381. The molecule has 0 aliphatic rings. The summed E-state index contributed by atoms with van der Waals surface area (Å²) in [5.74, 6) is -0.0190. The van der Waals surface area contributed by atoms with Crippen LogP contribution in [0, 0.1) is 6.92 Å². The Bertz CT molecular complexity index is 1130. The van der Waals surface area contributed by atoms with E-state index in [-0.39, 0.29) is 18.0 Å². The van der Waals surface area contributed by atoms with Gasteiger partial charge in [0.25, 0.3) is 0 Å². The first-order valence-corrected chi connectivity index (χ1v) is 13.1. The Morgan fingerprint density at radius 3 is 2.06 bits per heavy atom. The number of rotatable bonds is 10. The van der Waals surface area contributed by atoms with Gasteiger partial charge in [0.1, 0.15) is 18.4 Å². The minimum atomic E-state index is -3.68. The van der Waals surface area contributed by atoms with Crippen molar-refractivity contribution in [1.29, 1.82) is 0 Å². The molecule has 0 spiro atoms. The third kappa shape index (κ3) is 6.44. The molecule has 0 bridgehead atoms. The first-order valence-electron chi connectivity index (χ1n) is 9.83. The average Bonchev–Trinajstić information content (AvgIpc) is 2.71. The van der Waals surface area contributed by atoms with Gasteiger partial charge in [-0.2, -0.15) is 0 Å². The quantitative estimate of drug-likeness (QED) is 0.514. The van der Waals surface area contributed by atoms with E-state index in [2.05, 4.69) is 5.32 Å². The lowest BCUT2D eigenvalue weighted by Crippen LogP contribution is -2.48. The second kappa shape index (κ2) is 10.3. The third-order valence-corrected chi connectivity index (χ3v) is 7.72. The van der Waals surface area contributed by atoms with Gasteiger partial charge >= 0.3 is 0 Å². The molecule has 0 saturated heterocycles. The maximum Gasteiger partial charge on any atom is 0.243 e. The van der Waals surface area contributed by atoms with Gasteiger partial charge in [-0.15, -0.1) is 0 Å². The van der Waals surface area contributed by atoms with E-state index in [1.807, 2.05) is 6.92 Å². The monoisotopic (exact) mass is 483 g/mol. The fourth-order valence-corrected chi connectivity index (χ4v) is 4.99. The number of nitrogens with zero attached hydrogens (tertiary/aromatic N) is 2. The number of aryl methyl sites for hydroxylation is 1. The second-order valence-electron chi connectivity index (χ2n) is 7.47. The van der Waals surface area contributed by atoms with E-state index in [0.717, 1.165) is 20.4 Å². The lowest BCUT2D eigenvalue weighted by atomic mass is 10.2. The van der Waals surface area contributed by atoms with Gasteiger partial charge in [-0.05, 0) is 50.2 Å². The van der Waals surface area contributed by atoms with E-state index < -0.39 is 32.0 Å². The fourth-order valence-electron chi connectivity index (χ4n) is 2.91. The normalized spacial score (nSPS) is 12.9. The average molecular weight is 484 g/mol. The highest BCUT2D eigenvalue weighted by atomic mass is 32.2. The number of carbonyl (C=O) groups excluding carboxylic acids is 1. The first-order chi connectivity index (χ1) is 14.8. The Hall–Kier alpha value is -2.63. The molecular weight excluding hydrogens is 454 g/mol. The number of amides is 1. The minimum absolute atomic E-state index is 0.127. The minimum Gasteiger partial charge on any atom is -0.492 e. The van der Waals surface area contributed by atoms with Crippen LogP contribution in [0.25, 0.3) is 0 Å². The van der Waals surface area contributed by atoms with E-state index >= 15 is 0 Å². The first kappa shape index (κ1) is 25.6. The maximum absolute atomic E-state index is 12.6. The molecule has 0 radical (unpaired) electrons.